The van der Waals surface area contributed by atoms with Crippen LogP contribution in [0.2, 0.25) is 0 Å². The zero-order valence-electron chi connectivity index (χ0n) is 10.9. The number of hydrogen-bond acceptors (Lipinski definition) is 3. The lowest BCUT2D eigenvalue weighted by Gasteiger charge is -2.35. The molecule has 0 N–H and O–H groups in total. The number of hydrogen-bond donors (Lipinski definition) is 0. The smallest absolute Gasteiger partial charge is 0.373 e. The summed E-state index contributed by atoms with van der Waals surface area (Å²) in [6.45, 7) is 5.38. The van der Waals surface area contributed by atoms with Crippen LogP contribution in [0, 0.1) is 0 Å². The Morgan fingerprint density at radius 1 is 1.32 bits per heavy atom. The van der Waals surface area contributed by atoms with Gasteiger partial charge in [0.05, 0.1) is 12.2 Å². The summed E-state index contributed by atoms with van der Waals surface area (Å²) in [5, 5.41) is 0. The minimum absolute atomic E-state index is 0.0368. The maximum atomic E-state index is 12.9. The lowest BCUT2D eigenvalue weighted by Crippen LogP contribution is -2.45. The van der Waals surface area contributed by atoms with E-state index in [1.54, 1.807) is 0 Å². The first-order valence-corrected chi connectivity index (χ1v) is 6.25. The third kappa shape index (κ3) is 3.67. The molecule has 1 fully saturated rings. The van der Waals surface area contributed by atoms with Gasteiger partial charge in [-0.05, 0) is 25.5 Å². The summed E-state index contributed by atoms with van der Waals surface area (Å²) in [4.78, 5) is 5.45. The fourth-order valence-electron chi connectivity index (χ4n) is 2.48. The number of pyridine rings is 1. The third-order valence-electron chi connectivity index (χ3n) is 3.05. The quantitative estimate of drug-likeness (QED) is 0.829. The number of ether oxygens (including phenoxy) is 1. The zero-order chi connectivity index (χ0) is 14.0. The van der Waals surface area contributed by atoms with Gasteiger partial charge in [0.25, 0.3) is 0 Å². The topological polar surface area (TPSA) is 25.4 Å². The van der Waals surface area contributed by atoms with Crippen molar-refractivity contribution in [1.82, 2.24) is 9.88 Å². The van der Waals surface area contributed by atoms with Crippen molar-refractivity contribution >= 4 is 0 Å². The van der Waals surface area contributed by atoms with E-state index in [1.165, 1.54) is 18.3 Å². The Bertz CT molecular complexity index is 426. The first-order valence-electron chi connectivity index (χ1n) is 6.25. The van der Waals surface area contributed by atoms with Crippen molar-refractivity contribution < 1.29 is 17.9 Å². The van der Waals surface area contributed by atoms with Gasteiger partial charge in [0.1, 0.15) is 5.69 Å². The SMILES string of the molecule is CC1CN(Cc2cccnc2C(F)(F)F)CC(C)O1. The Morgan fingerprint density at radius 2 is 1.95 bits per heavy atom. The van der Waals surface area contributed by atoms with Crippen LogP contribution in [0.25, 0.3) is 0 Å². The average molecular weight is 274 g/mol. The van der Waals surface area contributed by atoms with Crippen molar-refractivity contribution in [3.8, 4) is 0 Å². The Morgan fingerprint density at radius 3 is 2.53 bits per heavy atom. The molecule has 1 aromatic rings. The van der Waals surface area contributed by atoms with Gasteiger partial charge < -0.3 is 4.74 Å². The van der Waals surface area contributed by atoms with Crippen LogP contribution in [0.1, 0.15) is 25.1 Å². The molecular weight excluding hydrogens is 257 g/mol. The van der Waals surface area contributed by atoms with Crippen molar-refractivity contribution in [2.75, 3.05) is 13.1 Å². The summed E-state index contributed by atoms with van der Waals surface area (Å²) in [6, 6.07) is 3.03. The van der Waals surface area contributed by atoms with E-state index in [9.17, 15) is 13.2 Å². The maximum Gasteiger partial charge on any atom is 0.433 e. The molecule has 0 aliphatic carbocycles. The van der Waals surface area contributed by atoms with Crippen molar-refractivity contribution in [1.29, 1.82) is 0 Å². The molecule has 0 saturated carbocycles. The number of rotatable bonds is 2. The summed E-state index contributed by atoms with van der Waals surface area (Å²) in [6.07, 6.45) is -3.15. The standard InChI is InChI=1S/C13H17F3N2O/c1-9-6-18(7-10(2)19-9)8-11-4-3-5-17-12(11)13(14,15)16/h3-5,9-10H,6-8H2,1-2H3. The van der Waals surface area contributed by atoms with Gasteiger partial charge in [-0.3, -0.25) is 9.88 Å². The van der Waals surface area contributed by atoms with Crippen LogP contribution in [0.4, 0.5) is 13.2 Å². The molecule has 0 radical (unpaired) electrons. The molecule has 19 heavy (non-hydrogen) atoms. The van der Waals surface area contributed by atoms with Gasteiger partial charge in [-0.1, -0.05) is 6.07 Å². The van der Waals surface area contributed by atoms with Crippen molar-refractivity contribution in [2.24, 2.45) is 0 Å². The monoisotopic (exact) mass is 274 g/mol. The van der Waals surface area contributed by atoms with Gasteiger partial charge >= 0.3 is 6.18 Å². The van der Waals surface area contributed by atoms with Crippen LogP contribution >= 0.6 is 0 Å². The minimum atomic E-state index is -4.40. The molecular formula is C13H17F3N2O. The first-order chi connectivity index (χ1) is 8.86. The maximum absolute atomic E-state index is 12.9. The number of morpholine rings is 1. The van der Waals surface area contributed by atoms with E-state index < -0.39 is 11.9 Å². The molecule has 1 aliphatic rings. The largest absolute Gasteiger partial charge is 0.433 e. The van der Waals surface area contributed by atoms with E-state index in [1.807, 2.05) is 18.7 Å². The van der Waals surface area contributed by atoms with Gasteiger partial charge in [-0.15, -0.1) is 0 Å². The van der Waals surface area contributed by atoms with Crippen LogP contribution in [0.5, 0.6) is 0 Å². The highest BCUT2D eigenvalue weighted by Gasteiger charge is 2.35. The van der Waals surface area contributed by atoms with E-state index in [-0.39, 0.29) is 24.3 Å². The fourth-order valence-corrected chi connectivity index (χ4v) is 2.48. The highest BCUT2D eigenvalue weighted by atomic mass is 19.4. The fraction of sp³-hybridized carbons (Fsp3) is 0.615. The van der Waals surface area contributed by atoms with Crippen molar-refractivity contribution in [3.63, 3.8) is 0 Å². The normalized spacial score (nSPS) is 25.5. The molecule has 1 aliphatic heterocycles. The molecule has 106 valence electrons. The highest BCUT2D eigenvalue weighted by Crippen LogP contribution is 2.30. The lowest BCUT2D eigenvalue weighted by atomic mass is 10.1. The summed E-state index contributed by atoms with van der Waals surface area (Å²) in [5.74, 6) is 0. The molecule has 0 amide bonds. The Hall–Kier alpha value is -1.14. The Labute approximate surface area is 110 Å². The van der Waals surface area contributed by atoms with E-state index >= 15 is 0 Å². The van der Waals surface area contributed by atoms with Gasteiger partial charge in [0.2, 0.25) is 0 Å². The van der Waals surface area contributed by atoms with E-state index in [0.29, 0.717) is 13.1 Å². The molecule has 1 aromatic heterocycles. The van der Waals surface area contributed by atoms with Crippen molar-refractivity contribution in [3.05, 3.63) is 29.6 Å². The molecule has 6 heteroatoms. The number of nitrogens with zero attached hydrogens (tertiary/aromatic N) is 2. The van der Waals surface area contributed by atoms with Crippen LogP contribution in [0.15, 0.2) is 18.3 Å². The number of aromatic nitrogens is 1. The Balaban J connectivity index is 2.15. The van der Waals surface area contributed by atoms with Gasteiger partial charge in [-0.25, -0.2) is 0 Å². The van der Waals surface area contributed by atoms with Crippen LogP contribution in [0.3, 0.4) is 0 Å². The molecule has 0 aromatic carbocycles. The second kappa shape index (κ2) is 5.46. The molecule has 1 saturated heterocycles. The molecule has 3 nitrogen and oxygen atoms in total. The molecule has 2 heterocycles. The average Bonchev–Trinajstić information content (AvgIpc) is 2.26. The third-order valence-corrected chi connectivity index (χ3v) is 3.05. The minimum Gasteiger partial charge on any atom is -0.373 e. The van der Waals surface area contributed by atoms with E-state index in [0.717, 1.165) is 0 Å². The molecule has 2 rings (SSSR count). The van der Waals surface area contributed by atoms with E-state index in [4.69, 9.17) is 4.74 Å². The van der Waals surface area contributed by atoms with Gasteiger partial charge in [0.15, 0.2) is 0 Å². The number of halogens is 3. The first kappa shape index (κ1) is 14.3. The molecule has 0 spiro atoms. The van der Waals surface area contributed by atoms with Crippen LogP contribution in [-0.2, 0) is 17.5 Å². The second-order valence-corrected chi connectivity index (χ2v) is 4.96. The van der Waals surface area contributed by atoms with Crippen molar-refractivity contribution in [2.45, 2.75) is 38.8 Å². The van der Waals surface area contributed by atoms with Gasteiger partial charge in [-0.2, -0.15) is 13.2 Å². The second-order valence-electron chi connectivity index (χ2n) is 4.96. The molecule has 2 unspecified atom stereocenters. The summed E-state index contributed by atoms with van der Waals surface area (Å²) in [5.41, 5.74) is -0.571. The van der Waals surface area contributed by atoms with Crippen LogP contribution in [-0.4, -0.2) is 35.2 Å². The summed E-state index contributed by atoms with van der Waals surface area (Å²) < 4.78 is 44.1. The lowest BCUT2D eigenvalue weighted by molar-refractivity contribution is -0.142. The molecule has 0 bridgehead atoms. The summed E-state index contributed by atoms with van der Waals surface area (Å²) >= 11 is 0. The summed E-state index contributed by atoms with van der Waals surface area (Å²) in [7, 11) is 0. The number of alkyl halides is 3. The molecule has 2 atom stereocenters. The van der Waals surface area contributed by atoms with E-state index in [2.05, 4.69) is 4.98 Å². The predicted octanol–water partition coefficient (Wildman–Crippen LogP) is 2.71. The highest BCUT2D eigenvalue weighted by molar-refractivity contribution is 5.22. The zero-order valence-corrected chi connectivity index (χ0v) is 10.9. The Kier molecular flexibility index (Phi) is 4.10. The van der Waals surface area contributed by atoms with Gasteiger partial charge in [0, 0.05) is 25.8 Å². The predicted molar refractivity (Wildman–Crippen MR) is 64.5 cm³/mol. The van der Waals surface area contributed by atoms with Crippen LogP contribution < -0.4 is 0 Å².